The second-order valence-corrected chi connectivity index (χ2v) is 4.78. The van der Waals surface area contributed by atoms with E-state index in [2.05, 4.69) is 4.98 Å². The number of fused-ring (bicyclic) bond motifs is 1. The second-order valence-electron chi connectivity index (χ2n) is 3.62. The van der Waals surface area contributed by atoms with Crippen LogP contribution in [-0.2, 0) is 6.18 Å². The Kier molecular flexibility index (Phi) is 2.99. The highest BCUT2D eigenvalue weighted by Crippen LogP contribution is 2.31. The lowest BCUT2D eigenvalue weighted by atomic mass is 10.2. The Morgan fingerprint density at radius 3 is 2.61 bits per heavy atom. The fourth-order valence-corrected chi connectivity index (χ4v) is 2.35. The van der Waals surface area contributed by atoms with Gasteiger partial charge < -0.3 is 5.11 Å². The summed E-state index contributed by atoms with van der Waals surface area (Å²) in [6.07, 6.45) is -3.77. The molecule has 8 heteroatoms. The largest absolute Gasteiger partial charge is 0.477 e. The summed E-state index contributed by atoms with van der Waals surface area (Å²) in [5.41, 5.74) is -0.772. The van der Waals surface area contributed by atoms with Gasteiger partial charge in [-0.05, 0) is 35.6 Å². The van der Waals surface area contributed by atoms with Gasteiger partial charge in [-0.1, -0.05) is 0 Å². The summed E-state index contributed by atoms with van der Waals surface area (Å²) in [6.45, 7) is 1.44. The topological polar surface area (TPSA) is 54.6 Å². The number of hydrogen-bond acceptors (Lipinski definition) is 2. The van der Waals surface area contributed by atoms with Crippen LogP contribution in [0, 0.1) is 10.5 Å². The molecule has 0 aliphatic heterocycles. The lowest BCUT2D eigenvalue weighted by molar-refractivity contribution is -0.137. The van der Waals surface area contributed by atoms with Crippen LogP contribution in [0.4, 0.5) is 13.2 Å². The number of rotatable bonds is 1. The summed E-state index contributed by atoms with van der Waals surface area (Å²) < 4.78 is 39.2. The van der Waals surface area contributed by atoms with Crippen LogP contribution in [0.5, 0.6) is 0 Å². The van der Waals surface area contributed by atoms with Gasteiger partial charge in [-0.3, -0.25) is 4.40 Å². The molecule has 0 atom stereocenters. The molecule has 2 rings (SSSR count). The fraction of sp³-hybridized carbons (Fsp3) is 0.200. The summed E-state index contributed by atoms with van der Waals surface area (Å²) >= 11 is 1.70. The van der Waals surface area contributed by atoms with Gasteiger partial charge in [0.2, 0.25) is 0 Å². The standard InChI is InChI=1S/C10H6F3IN2O2/c1-4-7(9(17)18)16-3-5(10(11,12)13)2-6(14)8(16)15-4/h2-3H,1H3,(H,17,18). The molecule has 0 spiro atoms. The van der Waals surface area contributed by atoms with E-state index in [9.17, 15) is 18.0 Å². The highest BCUT2D eigenvalue weighted by atomic mass is 127. The molecule has 4 nitrogen and oxygen atoms in total. The van der Waals surface area contributed by atoms with Crippen molar-refractivity contribution in [2.75, 3.05) is 0 Å². The normalized spacial score (nSPS) is 12.1. The van der Waals surface area contributed by atoms with Gasteiger partial charge in [0, 0.05) is 6.20 Å². The van der Waals surface area contributed by atoms with Crippen LogP contribution >= 0.6 is 22.6 Å². The first-order valence-electron chi connectivity index (χ1n) is 4.70. The van der Waals surface area contributed by atoms with Gasteiger partial charge in [0.05, 0.1) is 14.8 Å². The lowest BCUT2D eigenvalue weighted by Crippen LogP contribution is -2.10. The first-order chi connectivity index (χ1) is 8.21. The number of hydrogen-bond donors (Lipinski definition) is 1. The van der Waals surface area contributed by atoms with E-state index in [1.165, 1.54) is 6.92 Å². The van der Waals surface area contributed by atoms with Gasteiger partial charge in [0.1, 0.15) is 0 Å². The molecule has 0 bridgehead atoms. The summed E-state index contributed by atoms with van der Waals surface area (Å²) in [5.74, 6) is -1.31. The SMILES string of the molecule is Cc1nc2c(I)cc(C(F)(F)F)cn2c1C(=O)O. The van der Waals surface area contributed by atoms with Crippen molar-refractivity contribution in [3.05, 3.63) is 32.8 Å². The number of aromatic nitrogens is 2. The predicted molar refractivity (Wildman–Crippen MR) is 64.6 cm³/mol. The third-order valence-electron chi connectivity index (χ3n) is 2.38. The Morgan fingerprint density at radius 2 is 2.11 bits per heavy atom. The molecular formula is C10H6F3IN2O2. The maximum absolute atomic E-state index is 12.7. The van der Waals surface area contributed by atoms with Crippen LogP contribution in [0.3, 0.4) is 0 Å². The summed E-state index contributed by atoms with van der Waals surface area (Å²) in [4.78, 5) is 15.0. The minimum absolute atomic E-state index is 0.180. The molecule has 96 valence electrons. The molecule has 0 saturated heterocycles. The molecule has 0 unspecified atom stereocenters. The van der Waals surface area contributed by atoms with E-state index in [0.717, 1.165) is 16.7 Å². The predicted octanol–water partition coefficient (Wildman–Crippen LogP) is 2.96. The molecule has 1 N–H and O–H groups in total. The third-order valence-corrected chi connectivity index (χ3v) is 3.17. The van der Waals surface area contributed by atoms with E-state index >= 15 is 0 Å². The van der Waals surface area contributed by atoms with Crippen molar-refractivity contribution in [3.8, 4) is 0 Å². The van der Waals surface area contributed by atoms with E-state index in [1.807, 2.05) is 0 Å². The van der Waals surface area contributed by atoms with Crippen LogP contribution in [0.25, 0.3) is 5.65 Å². The van der Waals surface area contributed by atoms with Gasteiger partial charge in [-0.2, -0.15) is 13.2 Å². The average Bonchev–Trinajstić information content (AvgIpc) is 2.53. The Hall–Kier alpha value is -1.32. The number of aryl methyl sites for hydroxylation is 1. The van der Waals surface area contributed by atoms with Crippen LogP contribution < -0.4 is 0 Å². The van der Waals surface area contributed by atoms with Crippen LogP contribution in [0.1, 0.15) is 21.7 Å². The van der Waals surface area contributed by atoms with E-state index < -0.39 is 17.7 Å². The quantitative estimate of drug-likeness (QED) is 0.786. The maximum atomic E-state index is 12.7. The molecule has 2 heterocycles. The van der Waals surface area contributed by atoms with E-state index in [0.29, 0.717) is 0 Å². The summed E-state index contributed by atoms with van der Waals surface area (Å²) in [5, 5.41) is 8.99. The van der Waals surface area contributed by atoms with Crippen molar-refractivity contribution in [2.24, 2.45) is 0 Å². The van der Waals surface area contributed by atoms with Gasteiger partial charge >= 0.3 is 12.1 Å². The number of nitrogens with zero attached hydrogens (tertiary/aromatic N) is 2. The minimum Gasteiger partial charge on any atom is -0.477 e. The molecule has 0 aliphatic carbocycles. The smallest absolute Gasteiger partial charge is 0.417 e. The molecule has 0 saturated carbocycles. The first-order valence-corrected chi connectivity index (χ1v) is 5.78. The second kappa shape index (κ2) is 4.11. The minimum atomic E-state index is -4.53. The number of carbonyl (C=O) groups is 1. The molecular weight excluding hydrogens is 364 g/mol. The van der Waals surface area contributed by atoms with Gasteiger partial charge in [-0.25, -0.2) is 9.78 Å². The fourth-order valence-electron chi connectivity index (χ4n) is 1.63. The number of halogens is 4. The zero-order valence-corrected chi connectivity index (χ0v) is 11.1. The molecule has 2 aromatic rings. The molecule has 0 radical (unpaired) electrons. The monoisotopic (exact) mass is 370 g/mol. The van der Waals surface area contributed by atoms with Crippen molar-refractivity contribution in [1.29, 1.82) is 0 Å². The summed E-state index contributed by atoms with van der Waals surface area (Å²) in [7, 11) is 0. The highest BCUT2D eigenvalue weighted by Gasteiger charge is 2.32. The Morgan fingerprint density at radius 1 is 1.50 bits per heavy atom. The molecule has 0 fully saturated rings. The molecule has 0 aromatic carbocycles. The first kappa shape index (κ1) is 13.1. The molecule has 18 heavy (non-hydrogen) atoms. The number of pyridine rings is 1. The number of carboxylic acids is 1. The average molecular weight is 370 g/mol. The Bertz CT molecular complexity index is 649. The van der Waals surface area contributed by atoms with Crippen LogP contribution in [0.2, 0.25) is 0 Å². The van der Waals surface area contributed by atoms with Crippen molar-refractivity contribution < 1.29 is 23.1 Å². The van der Waals surface area contributed by atoms with Crippen molar-refractivity contribution >= 4 is 34.2 Å². The number of alkyl halides is 3. The van der Waals surface area contributed by atoms with Crippen molar-refractivity contribution in [1.82, 2.24) is 9.38 Å². The summed E-state index contributed by atoms with van der Waals surface area (Å²) in [6, 6.07) is 0.938. The molecule has 0 aliphatic rings. The number of imidazole rings is 1. The maximum Gasteiger partial charge on any atom is 0.417 e. The Balaban J connectivity index is 2.85. The van der Waals surface area contributed by atoms with E-state index in [1.54, 1.807) is 22.6 Å². The van der Waals surface area contributed by atoms with Crippen LogP contribution in [0.15, 0.2) is 12.3 Å². The van der Waals surface area contributed by atoms with Crippen molar-refractivity contribution in [3.63, 3.8) is 0 Å². The van der Waals surface area contributed by atoms with Crippen molar-refractivity contribution in [2.45, 2.75) is 13.1 Å². The van der Waals surface area contributed by atoms with E-state index in [4.69, 9.17) is 5.11 Å². The van der Waals surface area contributed by atoms with Gasteiger partial charge in [0.25, 0.3) is 0 Å². The van der Waals surface area contributed by atoms with Gasteiger partial charge in [0.15, 0.2) is 11.3 Å². The lowest BCUT2D eigenvalue weighted by Gasteiger charge is -2.08. The number of carboxylic acid groups (broad SMARTS) is 1. The Labute approximate surface area is 113 Å². The van der Waals surface area contributed by atoms with Crippen LogP contribution in [-0.4, -0.2) is 20.5 Å². The highest BCUT2D eigenvalue weighted by molar-refractivity contribution is 14.1. The third kappa shape index (κ3) is 2.04. The zero-order valence-electron chi connectivity index (χ0n) is 8.92. The van der Waals surface area contributed by atoms with Gasteiger partial charge in [-0.15, -0.1) is 0 Å². The molecule has 2 aromatic heterocycles. The molecule has 0 amide bonds. The number of aromatic carboxylic acids is 1. The van der Waals surface area contributed by atoms with E-state index in [-0.39, 0.29) is 20.6 Å². The zero-order chi connectivity index (χ0) is 13.7.